The Morgan fingerprint density at radius 3 is 1.79 bits per heavy atom. The third kappa shape index (κ3) is 2.47. The summed E-state index contributed by atoms with van der Waals surface area (Å²) in [6.45, 7) is 10.0. The van der Waals surface area contributed by atoms with Crippen LogP contribution in [-0.4, -0.2) is 36.5 Å². The van der Waals surface area contributed by atoms with Crippen LogP contribution in [0.3, 0.4) is 0 Å². The van der Waals surface area contributed by atoms with Crippen molar-refractivity contribution in [1.29, 1.82) is 5.41 Å². The van der Waals surface area contributed by atoms with Crippen molar-refractivity contribution in [3.05, 3.63) is 0 Å². The number of amidine groups is 1. The van der Waals surface area contributed by atoms with Gasteiger partial charge in [0, 0.05) is 20.2 Å². The summed E-state index contributed by atoms with van der Waals surface area (Å²) in [5.41, 5.74) is -0.383. The molecule has 0 aliphatic carbocycles. The van der Waals surface area contributed by atoms with Crippen LogP contribution in [0, 0.1) is 5.41 Å². The Balaban J connectivity index is 4.73. The summed E-state index contributed by atoms with van der Waals surface area (Å²) in [5, 5.41) is 8.15. The zero-order valence-corrected chi connectivity index (χ0v) is 10.2. The second-order valence-corrected chi connectivity index (χ2v) is 3.43. The number of likely N-dealkylation sites (N-methyl/N-ethyl adjacent to an activating group) is 1. The molecule has 0 atom stereocenters. The smallest absolute Gasteiger partial charge is 0.129 e. The first-order chi connectivity index (χ1) is 6.61. The van der Waals surface area contributed by atoms with Crippen LogP contribution in [0.5, 0.6) is 0 Å². The highest BCUT2D eigenvalue weighted by Crippen LogP contribution is 2.22. The number of ether oxygens (including phenoxy) is 1. The Morgan fingerprint density at radius 2 is 1.57 bits per heavy atom. The fraction of sp³-hybridized carbons (Fsp3) is 0.909. The maximum Gasteiger partial charge on any atom is 0.129 e. The van der Waals surface area contributed by atoms with E-state index < -0.39 is 0 Å². The first-order valence-electron chi connectivity index (χ1n) is 5.50. The maximum absolute atomic E-state index is 8.15. The summed E-state index contributed by atoms with van der Waals surface area (Å²) in [7, 11) is 1.70. The zero-order chi connectivity index (χ0) is 11.2. The van der Waals surface area contributed by atoms with E-state index in [-0.39, 0.29) is 5.60 Å². The Morgan fingerprint density at radius 1 is 1.14 bits per heavy atom. The van der Waals surface area contributed by atoms with Crippen LogP contribution in [-0.2, 0) is 4.74 Å². The largest absolute Gasteiger partial charge is 0.370 e. The Hall–Kier alpha value is -0.570. The van der Waals surface area contributed by atoms with Crippen molar-refractivity contribution in [2.24, 2.45) is 0 Å². The number of hydrogen-bond acceptors (Lipinski definition) is 2. The van der Waals surface area contributed by atoms with Gasteiger partial charge in [0.05, 0.1) is 0 Å². The molecule has 0 amide bonds. The summed E-state index contributed by atoms with van der Waals surface area (Å²) in [6, 6.07) is 0. The van der Waals surface area contributed by atoms with E-state index >= 15 is 0 Å². The molecule has 0 radical (unpaired) electrons. The molecule has 0 aliphatic heterocycles. The summed E-state index contributed by atoms with van der Waals surface area (Å²) in [6.07, 6.45) is 1.71. The molecule has 0 saturated carbocycles. The molecular weight excluding hydrogens is 176 g/mol. The van der Waals surface area contributed by atoms with Gasteiger partial charge in [-0.1, -0.05) is 13.8 Å². The van der Waals surface area contributed by atoms with Crippen LogP contribution in [0.1, 0.15) is 40.5 Å². The molecule has 0 unspecified atom stereocenters. The predicted octanol–water partition coefficient (Wildman–Crippen LogP) is 2.51. The molecule has 84 valence electrons. The lowest BCUT2D eigenvalue weighted by atomic mass is 9.94. The Kier molecular flexibility index (Phi) is 5.77. The number of rotatable bonds is 6. The summed E-state index contributed by atoms with van der Waals surface area (Å²) >= 11 is 0. The van der Waals surface area contributed by atoms with E-state index in [0.717, 1.165) is 25.9 Å². The van der Waals surface area contributed by atoms with Crippen molar-refractivity contribution in [2.45, 2.75) is 46.1 Å². The monoisotopic (exact) mass is 200 g/mol. The van der Waals surface area contributed by atoms with Crippen molar-refractivity contribution in [3.8, 4) is 0 Å². The third-order valence-electron chi connectivity index (χ3n) is 3.04. The van der Waals surface area contributed by atoms with Gasteiger partial charge in [-0.05, 0) is 26.7 Å². The number of hydrogen-bond donors (Lipinski definition) is 1. The quantitative estimate of drug-likeness (QED) is 0.528. The van der Waals surface area contributed by atoms with Crippen LogP contribution in [0.4, 0.5) is 0 Å². The van der Waals surface area contributed by atoms with E-state index in [2.05, 4.69) is 32.6 Å². The number of nitrogens with zero attached hydrogens (tertiary/aromatic N) is 1. The Bertz CT molecular complexity index is 164. The van der Waals surface area contributed by atoms with E-state index in [4.69, 9.17) is 10.1 Å². The lowest BCUT2D eigenvalue weighted by Crippen LogP contribution is -2.49. The molecule has 1 N–H and O–H groups in total. The van der Waals surface area contributed by atoms with E-state index in [1.165, 1.54) is 0 Å². The van der Waals surface area contributed by atoms with Crippen LogP contribution >= 0.6 is 0 Å². The lowest BCUT2D eigenvalue weighted by molar-refractivity contribution is 0.0321. The predicted molar refractivity (Wildman–Crippen MR) is 61.0 cm³/mol. The molecule has 0 bridgehead atoms. The second-order valence-electron chi connectivity index (χ2n) is 3.43. The fourth-order valence-electron chi connectivity index (χ4n) is 1.80. The normalized spacial score (nSPS) is 11.5. The van der Waals surface area contributed by atoms with Crippen LogP contribution in [0.15, 0.2) is 0 Å². The van der Waals surface area contributed by atoms with Gasteiger partial charge in [0.15, 0.2) is 0 Å². The number of methoxy groups -OCH3 is 1. The molecule has 0 heterocycles. The standard InChI is InChI=1S/C11H24N2O/c1-6-11(7-2,14-5)10(12)13(8-3)9-4/h12H,6-9H2,1-5H3. The fourth-order valence-corrected chi connectivity index (χ4v) is 1.80. The molecule has 3 nitrogen and oxygen atoms in total. The van der Waals surface area contributed by atoms with E-state index in [1.54, 1.807) is 7.11 Å². The van der Waals surface area contributed by atoms with Crippen molar-refractivity contribution < 1.29 is 4.74 Å². The molecule has 0 rings (SSSR count). The minimum absolute atomic E-state index is 0.383. The average Bonchev–Trinajstić information content (AvgIpc) is 2.23. The van der Waals surface area contributed by atoms with E-state index in [9.17, 15) is 0 Å². The van der Waals surface area contributed by atoms with Gasteiger partial charge in [0.25, 0.3) is 0 Å². The van der Waals surface area contributed by atoms with E-state index in [0.29, 0.717) is 5.84 Å². The van der Waals surface area contributed by atoms with Crippen LogP contribution in [0.25, 0.3) is 0 Å². The van der Waals surface area contributed by atoms with Gasteiger partial charge in [0.1, 0.15) is 11.4 Å². The van der Waals surface area contributed by atoms with Crippen molar-refractivity contribution in [3.63, 3.8) is 0 Å². The van der Waals surface area contributed by atoms with Gasteiger partial charge in [-0.25, -0.2) is 0 Å². The molecule has 14 heavy (non-hydrogen) atoms. The van der Waals surface area contributed by atoms with Gasteiger partial charge >= 0.3 is 0 Å². The van der Waals surface area contributed by atoms with Gasteiger partial charge in [0.2, 0.25) is 0 Å². The van der Waals surface area contributed by atoms with Gasteiger partial charge in [-0.15, -0.1) is 0 Å². The maximum atomic E-state index is 8.15. The SMILES string of the molecule is CCN(CC)C(=N)C(CC)(CC)OC. The Labute approximate surface area is 87.9 Å². The van der Waals surface area contributed by atoms with Crippen molar-refractivity contribution in [2.75, 3.05) is 20.2 Å². The van der Waals surface area contributed by atoms with E-state index in [1.807, 2.05) is 0 Å². The summed E-state index contributed by atoms with van der Waals surface area (Å²) < 4.78 is 5.52. The van der Waals surface area contributed by atoms with Gasteiger partial charge in [-0.2, -0.15) is 0 Å². The topological polar surface area (TPSA) is 36.3 Å². The molecule has 0 spiro atoms. The summed E-state index contributed by atoms with van der Waals surface area (Å²) in [5.74, 6) is 0.620. The highest BCUT2D eigenvalue weighted by atomic mass is 16.5. The molecule has 0 aliphatic rings. The second kappa shape index (κ2) is 6.02. The molecule has 0 aromatic carbocycles. The first-order valence-corrected chi connectivity index (χ1v) is 5.50. The van der Waals surface area contributed by atoms with Crippen LogP contribution in [0.2, 0.25) is 0 Å². The van der Waals surface area contributed by atoms with Crippen molar-refractivity contribution >= 4 is 5.84 Å². The summed E-state index contributed by atoms with van der Waals surface area (Å²) in [4.78, 5) is 2.05. The van der Waals surface area contributed by atoms with Gasteiger partial charge in [-0.3, -0.25) is 5.41 Å². The minimum atomic E-state index is -0.383. The molecular formula is C11H24N2O. The first kappa shape index (κ1) is 13.4. The third-order valence-corrected chi connectivity index (χ3v) is 3.04. The van der Waals surface area contributed by atoms with Crippen molar-refractivity contribution in [1.82, 2.24) is 4.90 Å². The molecule has 0 saturated heterocycles. The molecule has 3 heteroatoms. The molecule has 0 aromatic rings. The lowest BCUT2D eigenvalue weighted by Gasteiger charge is -2.36. The molecule has 0 fully saturated rings. The van der Waals surface area contributed by atoms with Crippen LogP contribution < -0.4 is 0 Å². The highest BCUT2D eigenvalue weighted by Gasteiger charge is 2.33. The highest BCUT2D eigenvalue weighted by molar-refractivity contribution is 5.87. The zero-order valence-electron chi connectivity index (χ0n) is 10.2. The number of nitrogens with one attached hydrogen (secondary N) is 1. The average molecular weight is 200 g/mol. The molecule has 0 aromatic heterocycles. The van der Waals surface area contributed by atoms with Gasteiger partial charge < -0.3 is 9.64 Å². The minimum Gasteiger partial charge on any atom is -0.370 e.